The van der Waals surface area contributed by atoms with Crippen LogP contribution in [0.5, 0.6) is 0 Å². The second-order valence-electron chi connectivity index (χ2n) is 5.49. The lowest BCUT2D eigenvalue weighted by atomic mass is 10.1. The van der Waals surface area contributed by atoms with E-state index < -0.39 is 0 Å². The zero-order chi connectivity index (χ0) is 17.8. The molecule has 0 radical (unpaired) electrons. The Morgan fingerprint density at radius 2 is 1.84 bits per heavy atom. The van der Waals surface area contributed by atoms with Crippen LogP contribution in [0.4, 0.5) is 11.4 Å². The molecule has 2 N–H and O–H groups in total. The van der Waals surface area contributed by atoms with Gasteiger partial charge in [-0.1, -0.05) is 6.07 Å². The van der Waals surface area contributed by atoms with E-state index in [1.807, 2.05) is 6.92 Å². The van der Waals surface area contributed by atoms with Gasteiger partial charge in [0.2, 0.25) is 5.91 Å². The summed E-state index contributed by atoms with van der Waals surface area (Å²) in [5, 5.41) is 5.58. The van der Waals surface area contributed by atoms with Crippen molar-refractivity contribution in [3.8, 4) is 5.82 Å². The minimum absolute atomic E-state index is 0.161. The number of hydrogen-bond acceptors (Lipinski definition) is 4. The van der Waals surface area contributed by atoms with Crippen molar-refractivity contribution >= 4 is 23.2 Å². The maximum atomic E-state index is 12.4. The quantitative estimate of drug-likeness (QED) is 0.767. The van der Waals surface area contributed by atoms with Crippen LogP contribution >= 0.6 is 0 Å². The summed E-state index contributed by atoms with van der Waals surface area (Å²) in [4.78, 5) is 31.9. The summed E-state index contributed by atoms with van der Waals surface area (Å²) in [5.41, 5.74) is 2.52. The number of amides is 2. The number of rotatable bonds is 4. The summed E-state index contributed by atoms with van der Waals surface area (Å²) in [5.74, 6) is 0.247. The van der Waals surface area contributed by atoms with Crippen molar-refractivity contribution in [2.45, 2.75) is 13.8 Å². The van der Waals surface area contributed by atoms with Crippen LogP contribution < -0.4 is 10.6 Å². The predicted octanol–water partition coefficient (Wildman–Crippen LogP) is 2.79. The van der Waals surface area contributed by atoms with Gasteiger partial charge in [0.25, 0.3) is 5.91 Å². The van der Waals surface area contributed by atoms with Crippen LogP contribution in [0, 0.1) is 6.92 Å². The summed E-state index contributed by atoms with van der Waals surface area (Å²) in [6.07, 6.45) is 6.59. The summed E-state index contributed by atoms with van der Waals surface area (Å²) < 4.78 is 1.75. The highest BCUT2D eigenvalue weighted by atomic mass is 16.2. The van der Waals surface area contributed by atoms with Gasteiger partial charge in [-0.25, -0.2) is 9.97 Å². The van der Waals surface area contributed by atoms with Crippen molar-refractivity contribution in [1.29, 1.82) is 0 Å². The topological polar surface area (TPSA) is 88.9 Å². The summed E-state index contributed by atoms with van der Waals surface area (Å²) >= 11 is 0. The van der Waals surface area contributed by atoms with Gasteiger partial charge in [-0.15, -0.1) is 0 Å². The third-order valence-electron chi connectivity index (χ3n) is 3.67. The van der Waals surface area contributed by atoms with Crippen molar-refractivity contribution in [3.05, 3.63) is 66.4 Å². The number of benzene rings is 1. The number of imidazole rings is 1. The first kappa shape index (κ1) is 16.4. The monoisotopic (exact) mass is 335 g/mol. The lowest BCUT2D eigenvalue weighted by Gasteiger charge is -2.13. The first-order valence-electron chi connectivity index (χ1n) is 7.67. The Bertz CT molecular complexity index is 902. The van der Waals surface area contributed by atoms with Gasteiger partial charge in [-0.2, -0.15) is 0 Å². The molecule has 0 aliphatic carbocycles. The zero-order valence-corrected chi connectivity index (χ0v) is 13.9. The summed E-state index contributed by atoms with van der Waals surface area (Å²) in [6, 6.07) is 8.79. The molecular formula is C18H17N5O2. The molecule has 0 saturated heterocycles. The molecule has 0 saturated carbocycles. The zero-order valence-electron chi connectivity index (χ0n) is 13.9. The number of carbonyl (C=O) groups excluding carboxylic acids is 2. The molecule has 7 nitrogen and oxygen atoms in total. The van der Waals surface area contributed by atoms with E-state index in [0.717, 1.165) is 5.56 Å². The molecule has 0 aliphatic heterocycles. The van der Waals surface area contributed by atoms with Crippen molar-refractivity contribution in [2.75, 3.05) is 10.6 Å². The van der Waals surface area contributed by atoms with E-state index in [2.05, 4.69) is 20.6 Å². The molecule has 2 heterocycles. The van der Waals surface area contributed by atoms with E-state index in [1.165, 1.54) is 13.1 Å². The fourth-order valence-corrected chi connectivity index (χ4v) is 2.36. The number of nitrogens with zero attached hydrogens (tertiary/aromatic N) is 3. The summed E-state index contributed by atoms with van der Waals surface area (Å²) in [7, 11) is 0. The average molecular weight is 335 g/mol. The van der Waals surface area contributed by atoms with Crippen LogP contribution in [-0.4, -0.2) is 26.3 Å². The van der Waals surface area contributed by atoms with Crippen molar-refractivity contribution < 1.29 is 9.59 Å². The first-order valence-corrected chi connectivity index (χ1v) is 7.67. The van der Waals surface area contributed by atoms with Gasteiger partial charge < -0.3 is 10.6 Å². The number of carbonyl (C=O) groups is 2. The minimum Gasteiger partial charge on any atom is -0.326 e. The van der Waals surface area contributed by atoms with Crippen LogP contribution in [0.15, 0.2) is 55.2 Å². The number of hydrogen-bond donors (Lipinski definition) is 2. The number of nitrogens with one attached hydrogen (secondary N) is 2. The van der Waals surface area contributed by atoms with Gasteiger partial charge in [0.05, 0.1) is 5.56 Å². The molecule has 0 fully saturated rings. The minimum atomic E-state index is -0.271. The Labute approximate surface area is 144 Å². The van der Waals surface area contributed by atoms with E-state index in [4.69, 9.17) is 0 Å². The molecule has 0 bridgehead atoms. The molecule has 2 amide bonds. The molecule has 25 heavy (non-hydrogen) atoms. The average Bonchev–Trinajstić information content (AvgIpc) is 3.13. The highest BCUT2D eigenvalue weighted by molar-refractivity contribution is 6.05. The van der Waals surface area contributed by atoms with Gasteiger partial charge >= 0.3 is 0 Å². The SMILES string of the molecule is CC(=O)Nc1cccc(NC(=O)c2ccc(-n3ccnc3)nc2)c1C. The van der Waals surface area contributed by atoms with Crippen LogP contribution in [0.2, 0.25) is 0 Å². The van der Waals surface area contributed by atoms with Gasteiger partial charge in [0.15, 0.2) is 0 Å². The first-order chi connectivity index (χ1) is 12.0. The van der Waals surface area contributed by atoms with E-state index >= 15 is 0 Å². The number of pyridine rings is 1. The van der Waals surface area contributed by atoms with Crippen LogP contribution in [-0.2, 0) is 4.79 Å². The largest absolute Gasteiger partial charge is 0.326 e. The standard InChI is InChI=1S/C18H17N5O2/c1-12-15(21-13(2)24)4-3-5-16(12)22-18(25)14-6-7-17(20-10-14)23-9-8-19-11-23/h3-11H,1-2H3,(H,21,24)(H,22,25). The van der Waals surface area contributed by atoms with Gasteiger partial charge in [0.1, 0.15) is 12.1 Å². The van der Waals surface area contributed by atoms with Gasteiger partial charge in [-0.05, 0) is 36.8 Å². The van der Waals surface area contributed by atoms with E-state index in [0.29, 0.717) is 22.8 Å². The normalized spacial score (nSPS) is 10.3. The Kier molecular flexibility index (Phi) is 4.56. The Morgan fingerprint density at radius 3 is 2.44 bits per heavy atom. The van der Waals surface area contributed by atoms with E-state index in [-0.39, 0.29) is 11.8 Å². The summed E-state index contributed by atoms with van der Waals surface area (Å²) in [6.45, 7) is 3.28. The van der Waals surface area contributed by atoms with Gasteiger partial charge in [-0.3, -0.25) is 14.2 Å². The molecule has 126 valence electrons. The lowest BCUT2D eigenvalue weighted by molar-refractivity contribution is -0.114. The highest BCUT2D eigenvalue weighted by Crippen LogP contribution is 2.23. The molecular weight excluding hydrogens is 318 g/mol. The lowest BCUT2D eigenvalue weighted by Crippen LogP contribution is -2.14. The Balaban J connectivity index is 1.77. The fraction of sp³-hybridized carbons (Fsp3) is 0.111. The fourth-order valence-electron chi connectivity index (χ4n) is 2.36. The van der Waals surface area contributed by atoms with Crippen molar-refractivity contribution in [2.24, 2.45) is 0 Å². The molecule has 3 aromatic rings. The second-order valence-corrected chi connectivity index (χ2v) is 5.49. The second kappa shape index (κ2) is 6.96. The highest BCUT2D eigenvalue weighted by Gasteiger charge is 2.11. The van der Waals surface area contributed by atoms with Crippen molar-refractivity contribution in [3.63, 3.8) is 0 Å². The molecule has 7 heteroatoms. The molecule has 1 aromatic carbocycles. The maximum absolute atomic E-state index is 12.4. The Hall–Kier alpha value is -3.48. The van der Waals surface area contributed by atoms with E-state index in [9.17, 15) is 9.59 Å². The molecule has 0 aliphatic rings. The van der Waals surface area contributed by atoms with Crippen LogP contribution in [0.25, 0.3) is 5.82 Å². The predicted molar refractivity (Wildman–Crippen MR) is 94.8 cm³/mol. The molecule has 2 aromatic heterocycles. The van der Waals surface area contributed by atoms with Crippen molar-refractivity contribution in [1.82, 2.24) is 14.5 Å². The maximum Gasteiger partial charge on any atom is 0.257 e. The van der Waals surface area contributed by atoms with Crippen LogP contribution in [0.3, 0.4) is 0 Å². The van der Waals surface area contributed by atoms with Gasteiger partial charge in [0, 0.05) is 36.9 Å². The third kappa shape index (κ3) is 3.72. The Morgan fingerprint density at radius 1 is 1.08 bits per heavy atom. The number of aromatic nitrogens is 3. The third-order valence-corrected chi connectivity index (χ3v) is 3.67. The molecule has 0 atom stereocenters. The van der Waals surface area contributed by atoms with Crippen LogP contribution in [0.1, 0.15) is 22.8 Å². The molecule has 0 unspecified atom stereocenters. The smallest absolute Gasteiger partial charge is 0.257 e. The van der Waals surface area contributed by atoms with E-state index in [1.54, 1.807) is 53.6 Å². The molecule has 3 rings (SSSR count). The molecule has 0 spiro atoms. The number of anilines is 2.